The van der Waals surface area contributed by atoms with E-state index >= 15 is 0 Å². The second-order valence-electron chi connectivity index (χ2n) is 5.48. The Morgan fingerprint density at radius 1 is 1.33 bits per heavy atom. The van der Waals surface area contributed by atoms with Gasteiger partial charge in [0.25, 0.3) is 0 Å². The first kappa shape index (κ1) is 17.8. The highest BCUT2D eigenvalue weighted by atomic mass is 35.5. The Kier molecular flexibility index (Phi) is 7.54. The van der Waals surface area contributed by atoms with Crippen molar-refractivity contribution >= 4 is 18.3 Å². The normalized spacial score (nSPS) is 20.7. The van der Waals surface area contributed by atoms with E-state index in [9.17, 15) is 4.79 Å². The van der Waals surface area contributed by atoms with Crippen molar-refractivity contribution in [2.45, 2.75) is 45.2 Å². The molecule has 1 aromatic carbocycles. The maximum Gasteiger partial charge on any atom is 0.223 e. The van der Waals surface area contributed by atoms with Crippen LogP contribution in [0.25, 0.3) is 0 Å². The smallest absolute Gasteiger partial charge is 0.223 e. The third-order valence-corrected chi connectivity index (χ3v) is 3.71. The van der Waals surface area contributed by atoms with E-state index in [4.69, 9.17) is 10.5 Å². The summed E-state index contributed by atoms with van der Waals surface area (Å²) in [6.07, 6.45) is 3.69. The molecule has 1 aliphatic carbocycles. The van der Waals surface area contributed by atoms with Gasteiger partial charge in [0.2, 0.25) is 5.91 Å². The molecule has 0 aromatic heterocycles. The molecular formula is C16H25ClN2O2. The number of amides is 1. The lowest BCUT2D eigenvalue weighted by Gasteiger charge is -2.11. The predicted octanol–water partition coefficient (Wildman–Crippen LogP) is 2.64. The Morgan fingerprint density at radius 3 is 2.62 bits per heavy atom. The van der Waals surface area contributed by atoms with Crippen LogP contribution >= 0.6 is 12.4 Å². The number of ether oxygens (including phenoxy) is 1. The zero-order valence-corrected chi connectivity index (χ0v) is 13.3. The third kappa shape index (κ3) is 5.56. The zero-order valence-electron chi connectivity index (χ0n) is 12.5. The molecule has 0 spiro atoms. The molecule has 118 valence electrons. The van der Waals surface area contributed by atoms with Crippen molar-refractivity contribution in [3.8, 4) is 5.75 Å². The van der Waals surface area contributed by atoms with Crippen LogP contribution in [0.5, 0.6) is 5.75 Å². The van der Waals surface area contributed by atoms with Crippen LogP contribution < -0.4 is 15.8 Å². The lowest BCUT2D eigenvalue weighted by Crippen LogP contribution is -2.29. The molecule has 0 aliphatic heterocycles. The number of benzene rings is 1. The van der Waals surface area contributed by atoms with Gasteiger partial charge in [-0.1, -0.05) is 19.1 Å². The van der Waals surface area contributed by atoms with Crippen LogP contribution in [0.3, 0.4) is 0 Å². The molecule has 1 amide bonds. The van der Waals surface area contributed by atoms with Gasteiger partial charge in [-0.25, -0.2) is 0 Å². The number of halogens is 1. The Labute approximate surface area is 132 Å². The Morgan fingerprint density at radius 2 is 2.05 bits per heavy atom. The zero-order chi connectivity index (χ0) is 14.4. The van der Waals surface area contributed by atoms with E-state index in [2.05, 4.69) is 12.2 Å². The van der Waals surface area contributed by atoms with Crippen molar-refractivity contribution in [3.63, 3.8) is 0 Å². The van der Waals surface area contributed by atoms with Gasteiger partial charge in [-0.15, -0.1) is 12.4 Å². The van der Waals surface area contributed by atoms with Crippen molar-refractivity contribution < 1.29 is 9.53 Å². The molecule has 0 bridgehead atoms. The van der Waals surface area contributed by atoms with Crippen LogP contribution in [0.2, 0.25) is 0 Å². The number of nitrogens with two attached hydrogens (primary N) is 1. The van der Waals surface area contributed by atoms with Gasteiger partial charge in [-0.2, -0.15) is 0 Å². The molecule has 1 aromatic rings. The first-order chi connectivity index (χ1) is 9.69. The highest BCUT2D eigenvalue weighted by Crippen LogP contribution is 2.24. The van der Waals surface area contributed by atoms with Crippen molar-refractivity contribution in [2.24, 2.45) is 11.7 Å². The maximum absolute atomic E-state index is 12.0. The first-order valence-corrected chi connectivity index (χ1v) is 7.44. The Balaban J connectivity index is 0.00000220. The third-order valence-electron chi connectivity index (χ3n) is 3.71. The van der Waals surface area contributed by atoms with Crippen LogP contribution in [0.4, 0.5) is 0 Å². The van der Waals surface area contributed by atoms with Gasteiger partial charge in [-0.3, -0.25) is 4.79 Å². The van der Waals surface area contributed by atoms with Crippen LogP contribution in [-0.2, 0) is 11.3 Å². The number of carbonyl (C=O) groups is 1. The summed E-state index contributed by atoms with van der Waals surface area (Å²) in [5.41, 5.74) is 6.92. The summed E-state index contributed by atoms with van der Waals surface area (Å²) in [4.78, 5) is 12.0. The summed E-state index contributed by atoms with van der Waals surface area (Å²) in [6.45, 7) is 3.38. The van der Waals surface area contributed by atoms with Crippen molar-refractivity contribution in [1.29, 1.82) is 0 Å². The van der Waals surface area contributed by atoms with Crippen LogP contribution in [0.1, 0.15) is 38.2 Å². The van der Waals surface area contributed by atoms with Gasteiger partial charge in [0.1, 0.15) is 5.75 Å². The molecular weight excluding hydrogens is 288 g/mol. The summed E-state index contributed by atoms with van der Waals surface area (Å²) in [5.74, 6) is 1.10. The number of rotatable bonds is 6. The number of carbonyl (C=O) groups excluding carboxylic acids is 1. The summed E-state index contributed by atoms with van der Waals surface area (Å²) in [5, 5.41) is 2.99. The van der Waals surface area contributed by atoms with E-state index in [0.29, 0.717) is 6.54 Å². The molecule has 2 unspecified atom stereocenters. The van der Waals surface area contributed by atoms with Gasteiger partial charge in [0, 0.05) is 18.5 Å². The lowest BCUT2D eigenvalue weighted by atomic mass is 10.1. The topological polar surface area (TPSA) is 64.3 Å². The van der Waals surface area contributed by atoms with E-state index in [-0.39, 0.29) is 30.3 Å². The van der Waals surface area contributed by atoms with Crippen molar-refractivity contribution in [3.05, 3.63) is 29.8 Å². The minimum Gasteiger partial charge on any atom is -0.494 e. The summed E-state index contributed by atoms with van der Waals surface area (Å²) in [6, 6.07) is 8.07. The van der Waals surface area contributed by atoms with E-state index < -0.39 is 0 Å². The van der Waals surface area contributed by atoms with Gasteiger partial charge in [-0.05, 0) is 43.4 Å². The van der Waals surface area contributed by atoms with E-state index in [1.54, 1.807) is 0 Å². The minimum atomic E-state index is 0. The number of hydrogen-bond donors (Lipinski definition) is 2. The van der Waals surface area contributed by atoms with E-state index in [1.165, 1.54) is 0 Å². The molecule has 1 aliphatic rings. The molecule has 0 heterocycles. The summed E-state index contributed by atoms with van der Waals surface area (Å²) >= 11 is 0. The van der Waals surface area contributed by atoms with E-state index in [1.807, 2.05) is 24.3 Å². The molecule has 2 atom stereocenters. The average Bonchev–Trinajstić information content (AvgIpc) is 2.90. The lowest BCUT2D eigenvalue weighted by molar-refractivity contribution is -0.125. The molecule has 2 rings (SSSR count). The molecule has 1 saturated carbocycles. The maximum atomic E-state index is 12.0. The second kappa shape index (κ2) is 8.90. The van der Waals surface area contributed by atoms with Gasteiger partial charge < -0.3 is 15.8 Å². The molecule has 21 heavy (non-hydrogen) atoms. The van der Waals surface area contributed by atoms with Crippen molar-refractivity contribution in [1.82, 2.24) is 5.32 Å². The Hall–Kier alpha value is -1.26. The fourth-order valence-corrected chi connectivity index (χ4v) is 2.51. The molecule has 0 saturated heterocycles. The van der Waals surface area contributed by atoms with Crippen molar-refractivity contribution in [2.75, 3.05) is 6.61 Å². The minimum absolute atomic E-state index is 0. The highest BCUT2D eigenvalue weighted by Gasteiger charge is 2.27. The molecule has 0 radical (unpaired) electrons. The van der Waals surface area contributed by atoms with Crippen LogP contribution in [-0.4, -0.2) is 18.6 Å². The van der Waals surface area contributed by atoms with Crippen LogP contribution in [0.15, 0.2) is 24.3 Å². The summed E-state index contributed by atoms with van der Waals surface area (Å²) < 4.78 is 5.53. The summed E-state index contributed by atoms with van der Waals surface area (Å²) in [7, 11) is 0. The van der Waals surface area contributed by atoms with Gasteiger partial charge in [0.15, 0.2) is 0 Å². The molecule has 1 fully saturated rings. The quantitative estimate of drug-likeness (QED) is 0.848. The fourth-order valence-electron chi connectivity index (χ4n) is 2.51. The second-order valence-corrected chi connectivity index (χ2v) is 5.48. The molecule has 3 N–H and O–H groups in total. The predicted molar refractivity (Wildman–Crippen MR) is 86.6 cm³/mol. The average molecular weight is 313 g/mol. The highest BCUT2D eigenvalue weighted by molar-refractivity contribution is 5.85. The SMILES string of the molecule is CCCOc1ccc(CNC(=O)C2CCC(N)C2)cc1.Cl. The monoisotopic (exact) mass is 312 g/mol. The van der Waals surface area contributed by atoms with Gasteiger partial charge in [0.05, 0.1) is 6.61 Å². The first-order valence-electron chi connectivity index (χ1n) is 7.44. The number of hydrogen-bond acceptors (Lipinski definition) is 3. The molecule has 4 nitrogen and oxygen atoms in total. The molecule has 5 heteroatoms. The fraction of sp³-hybridized carbons (Fsp3) is 0.562. The largest absolute Gasteiger partial charge is 0.494 e. The van der Waals surface area contributed by atoms with Gasteiger partial charge >= 0.3 is 0 Å². The van der Waals surface area contributed by atoms with E-state index in [0.717, 1.165) is 43.6 Å². The number of nitrogens with one attached hydrogen (secondary N) is 1. The Bertz CT molecular complexity index is 436. The van der Waals surface area contributed by atoms with Crippen LogP contribution in [0, 0.1) is 5.92 Å². The standard InChI is InChI=1S/C16H24N2O2.ClH/c1-2-9-20-15-7-3-12(4-8-15)11-18-16(19)13-5-6-14(17)10-13;/h3-4,7-8,13-14H,2,5-6,9-11,17H2,1H3,(H,18,19);1H.